The second kappa shape index (κ2) is 2.27. The molecule has 0 atom stereocenters. The van der Waals surface area contributed by atoms with Crippen molar-refractivity contribution in [2.75, 3.05) is 12.4 Å². The number of nitrogens with zero attached hydrogens (tertiary/aromatic N) is 2. The smallest absolute Gasteiger partial charge is 0.127 e. The summed E-state index contributed by atoms with van der Waals surface area (Å²) < 4.78 is 1.86. The Morgan fingerprint density at radius 2 is 2.27 bits per heavy atom. The van der Waals surface area contributed by atoms with Crippen LogP contribution in [-0.4, -0.2) is 16.7 Å². The van der Waals surface area contributed by atoms with Crippen LogP contribution in [0.4, 0.5) is 5.82 Å². The normalized spacial score (nSPS) is 10.3. The van der Waals surface area contributed by atoms with Crippen LogP contribution in [0.25, 0.3) is 5.52 Å². The molecule has 0 bridgehead atoms. The molecule has 0 fully saturated rings. The maximum Gasteiger partial charge on any atom is 0.127 e. The van der Waals surface area contributed by atoms with Crippen LogP contribution in [-0.2, 0) is 0 Å². The Morgan fingerprint density at radius 3 is 3.09 bits per heavy atom. The molecule has 0 spiro atoms. The second-order valence-corrected chi connectivity index (χ2v) is 2.33. The van der Waals surface area contributed by atoms with Gasteiger partial charge in [-0.1, -0.05) is 6.07 Å². The molecule has 2 aromatic heterocycles. The number of aromatic nitrogens is 2. The molecule has 56 valence electrons. The highest BCUT2D eigenvalue weighted by Gasteiger charge is 1.95. The fourth-order valence-electron chi connectivity index (χ4n) is 1.14. The van der Waals surface area contributed by atoms with Gasteiger partial charge in [-0.25, -0.2) is 4.52 Å². The molecule has 0 radical (unpaired) electrons. The van der Waals surface area contributed by atoms with Crippen molar-refractivity contribution >= 4 is 11.3 Å². The van der Waals surface area contributed by atoms with E-state index in [1.165, 1.54) is 0 Å². The minimum Gasteiger partial charge on any atom is -0.373 e. The average Bonchev–Trinajstić information content (AvgIpc) is 2.50. The molecule has 0 aliphatic carbocycles. The maximum absolute atomic E-state index is 4.14. The maximum atomic E-state index is 4.14. The topological polar surface area (TPSA) is 29.3 Å². The summed E-state index contributed by atoms with van der Waals surface area (Å²) in [4.78, 5) is 0. The molecule has 0 unspecified atom stereocenters. The van der Waals surface area contributed by atoms with Gasteiger partial charge >= 0.3 is 0 Å². The summed E-state index contributed by atoms with van der Waals surface area (Å²) in [5, 5.41) is 7.20. The van der Waals surface area contributed by atoms with Gasteiger partial charge in [-0.05, 0) is 18.2 Å². The number of nitrogens with one attached hydrogen (secondary N) is 1. The molecule has 0 saturated carbocycles. The average molecular weight is 147 g/mol. The van der Waals surface area contributed by atoms with E-state index in [0.717, 1.165) is 11.3 Å². The predicted octanol–water partition coefficient (Wildman–Crippen LogP) is 1.38. The van der Waals surface area contributed by atoms with Gasteiger partial charge in [0.1, 0.15) is 5.82 Å². The molecule has 2 aromatic rings. The van der Waals surface area contributed by atoms with Crippen LogP contribution in [0.3, 0.4) is 0 Å². The van der Waals surface area contributed by atoms with Crippen molar-refractivity contribution in [2.45, 2.75) is 0 Å². The Morgan fingerprint density at radius 1 is 1.36 bits per heavy atom. The van der Waals surface area contributed by atoms with E-state index < -0.39 is 0 Å². The first-order valence-corrected chi connectivity index (χ1v) is 3.52. The number of rotatable bonds is 1. The van der Waals surface area contributed by atoms with Crippen LogP contribution in [0, 0.1) is 0 Å². The summed E-state index contributed by atoms with van der Waals surface area (Å²) in [5.41, 5.74) is 1.11. The largest absolute Gasteiger partial charge is 0.373 e. The molecular weight excluding hydrogens is 138 g/mol. The molecular formula is C8H9N3. The van der Waals surface area contributed by atoms with Crippen molar-refractivity contribution in [1.29, 1.82) is 0 Å². The SMILES string of the molecule is CNc1cccc2ccnn12. The van der Waals surface area contributed by atoms with E-state index in [1.807, 2.05) is 35.8 Å². The summed E-state index contributed by atoms with van der Waals surface area (Å²) in [7, 11) is 1.89. The molecule has 1 N–H and O–H groups in total. The van der Waals surface area contributed by atoms with Crippen LogP contribution in [0.2, 0.25) is 0 Å². The Kier molecular flexibility index (Phi) is 1.28. The van der Waals surface area contributed by atoms with E-state index in [2.05, 4.69) is 10.4 Å². The highest BCUT2D eigenvalue weighted by molar-refractivity contribution is 5.52. The summed E-state index contributed by atoms with van der Waals surface area (Å²) in [6.07, 6.45) is 1.79. The summed E-state index contributed by atoms with van der Waals surface area (Å²) >= 11 is 0. The van der Waals surface area contributed by atoms with Crippen LogP contribution in [0.5, 0.6) is 0 Å². The Labute approximate surface area is 64.7 Å². The third-order valence-corrected chi connectivity index (χ3v) is 1.68. The fourth-order valence-corrected chi connectivity index (χ4v) is 1.14. The zero-order chi connectivity index (χ0) is 7.68. The van der Waals surface area contributed by atoms with E-state index in [4.69, 9.17) is 0 Å². The van der Waals surface area contributed by atoms with E-state index >= 15 is 0 Å². The van der Waals surface area contributed by atoms with Crippen LogP contribution in [0.1, 0.15) is 0 Å². The number of anilines is 1. The molecule has 0 saturated heterocycles. The van der Waals surface area contributed by atoms with Gasteiger partial charge in [0.05, 0.1) is 11.7 Å². The van der Waals surface area contributed by atoms with Crippen LogP contribution in [0.15, 0.2) is 30.5 Å². The molecule has 0 aromatic carbocycles. The van der Waals surface area contributed by atoms with E-state index in [0.29, 0.717) is 0 Å². The first-order valence-electron chi connectivity index (χ1n) is 3.52. The summed E-state index contributed by atoms with van der Waals surface area (Å²) in [6.45, 7) is 0. The van der Waals surface area contributed by atoms with Crippen molar-refractivity contribution in [3.05, 3.63) is 30.5 Å². The van der Waals surface area contributed by atoms with Gasteiger partial charge in [0.2, 0.25) is 0 Å². The van der Waals surface area contributed by atoms with Crippen LogP contribution < -0.4 is 5.32 Å². The van der Waals surface area contributed by atoms with Crippen molar-refractivity contribution in [2.24, 2.45) is 0 Å². The molecule has 0 aliphatic rings. The molecule has 0 amide bonds. The van der Waals surface area contributed by atoms with E-state index in [-0.39, 0.29) is 0 Å². The molecule has 2 rings (SSSR count). The third-order valence-electron chi connectivity index (χ3n) is 1.68. The number of hydrogen-bond donors (Lipinski definition) is 1. The van der Waals surface area contributed by atoms with Gasteiger partial charge in [0.15, 0.2) is 0 Å². The summed E-state index contributed by atoms with van der Waals surface area (Å²) in [6, 6.07) is 7.98. The van der Waals surface area contributed by atoms with Gasteiger partial charge in [0.25, 0.3) is 0 Å². The molecule has 2 heterocycles. The highest BCUT2D eigenvalue weighted by Crippen LogP contribution is 2.09. The van der Waals surface area contributed by atoms with E-state index in [9.17, 15) is 0 Å². The molecule has 11 heavy (non-hydrogen) atoms. The van der Waals surface area contributed by atoms with Gasteiger partial charge in [-0.3, -0.25) is 0 Å². The third kappa shape index (κ3) is 0.852. The fraction of sp³-hybridized carbons (Fsp3) is 0.125. The highest BCUT2D eigenvalue weighted by atomic mass is 15.3. The first kappa shape index (κ1) is 6.22. The van der Waals surface area contributed by atoms with Crippen molar-refractivity contribution in [3.8, 4) is 0 Å². The first-order chi connectivity index (χ1) is 5.42. The van der Waals surface area contributed by atoms with E-state index in [1.54, 1.807) is 6.20 Å². The number of fused-ring (bicyclic) bond motifs is 1. The van der Waals surface area contributed by atoms with Crippen molar-refractivity contribution in [3.63, 3.8) is 0 Å². The lowest BCUT2D eigenvalue weighted by atomic mass is 10.4. The molecule has 0 aliphatic heterocycles. The lowest BCUT2D eigenvalue weighted by Gasteiger charge is -2.01. The number of pyridine rings is 1. The van der Waals surface area contributed by atoms with Crippen LogP contribution >= 0.6 is 0 Å². The lowest BCUT2D eigenvalue weighted by molar-refractivity contribution is 0.964. The van der Waals surface area contributed by atoms with Gasteiger partial charge in [-0.2, -0.15) is 5.10 Å². The second-order valence-electron chi connectivity index (χ2n) is 2.33. The molecule has 3 heteroatoms. The lowest BCUT2D eigenvalue weighted by Crippen LogP contribution is -1.97. The standard InChI is InChI=1S/C8H9N3/c1-9-8-4-2-3-7-5-6-10-11(7)8/h2-6,9H,1H3. The summed E-state index contributed by atoms with van der Waals surface area (Å²) in [5.74, 6) is 1.01. The Hall–Kier alpha value is -1.51. The molecule has 3 nitrogen and oxygen atoms in total. The zero-order valence-corrected chi connectivity index (χ0v) is 6.28. The zero-order valence-electron chi connectivity index (χ0n) is 6.28. The Bertz CT molecular complexity index is 364. The number of hydrogen-bond acceptors (Lipinski definition) is 2. The van der Waals surface area contributed by atoms with Crippen molar-refractivity contribution < 1.29 is 0 Å². The predicted molar refractivity (Wildman–Crippen MR) is 44.7 cm³/mol. The quantitative estimate of drug-likeness (QED) is 0.660. The minimum atomic E-state index is 1.01. The van der Waals surface area contributed by atoms with Gasteiger partial charge in [-0.15, -0.1) is 0 Å². The van der Waals surface area contributed by atoms with Crippen molar-refractivity contribution in [1.82, 2.24) is 9.61 Å². The van der Waals surface area contributed by atoms with Gasteiger partial charge < -0.3 is 5.32 Å². The van der Waals surface area contributed by atoms with Gasteiger partial charge in [0, 0.05) is 7.05 Å². The minimum absolute atomic E-state index is 1.01. The Balaban J connectivity index is 2.79. The monoisotopic (exact) mass is 147 g/mol.